The summed E-state index contributed by atoms with van der Waals surface area (Å²) in [6, 6.07) is 0. The molecule has 0 radical (unpaired) electrons. The Morgan fingerprint density at radius 3 is 1.50 bits per heavy atom. The van der Waals surface area contributed by atoms with E-state index in [1.807, 2.05) is 6.79 Å². The highest BCUT2D eigenvalue weighted by Crippen LogP contribution is 1.97. The van der Waals surface area contributed by atoms with Crippen LogP contribution < -0.4 is 17.2 Å². The number of aliphatic hydroxyl groups is 1. The van der Waals surface area contributed by atoms with Gasteiger partial charge in [-0.15, -0.1) is 0 Å². The molecule has 0 atom stereocenters. The van der Waals surface area contributed by atoms with Gasteiger partial charge in [-0.25, -0.2) is 0 Å². The van der Waals surface area contributed by atoms with Crippen LogP contribution in [-0.2, 0) is 4.79 Å². The number of hydrogen-bond donors (Lipinski definition) is 4. The minimum absolute atomic E-state index is 0.0417. The molecule has 0 saturated carbocycles. The van der Waals surface area contributed by atoms with Crippen LogP contribution in [0.1, 0.15) is 19.8 Å². The fourth-order valence-electron chi connectivity index (χ4n) is 0.585. The number of anilines is 3. The molecule has 0 aliphatic heterocycles. The fraction of sp³-hybridized carbons (Fsp3) is 0.500. The van der Waals surface area contributed by atoms with Gasteiger partial charge in [-0.3, -0.25) is 0 Å². The van der Waals surface area contributed by atoms with Crippen molar-refractivity contribution >= 4 is 24.6 Å². The Hall–Kier alpha value is -1.96. The van der Waals surface area contributed by atoms with Crippen molar-refractivity contribution in [2.45, 2.75) is 19.8 Å². The summed E-state index contributed by atoms with van der Waals surface area (Å²) in [6.45, 7) is 4.40. The third-order valence-corrected chi connectivity index (χ3v) is 1.20. The molecule has 1 heterocycles. The lowest BCUT2D eigenvalue weighted by Gasteiger charge is -1.93. The molecule has 0 aromatic carbocycles. The second kappa shape index (κ2) is 11.1. The summed E-state index contributed by atoms with van der Waals surface area (Å²) in [5.74, 6) is 0.125. The first kappa shape index (κ1) is 16.5. The van der Waals surface area contributed by atoms with Gasteiger partial charge in [0.2, 0.25) is 17.8 Å². The number of aromatic nitrogens is 3. The largest absolute Gasteiger partial charge is 0.396 e. The van der Waals surface area contributed by atoms with Crippen LogP contribution in [0, 0.1) is 0 Å². The van der Waals surface area contributed by atoms with Crippen molar-refractivity contribution in [1.29, 1.82) is 0 Å². The molecule has 8 heteroatoms. The van der Waals surface area contributed by atoms with Gasteiger partial charge in [-0.05, 0) is 6.42 Å². The minimum atomic E-state index is 0.0417. The van der Waals surface area contributed by atoms with Gasteiger partial charge in [-0.1, -0.05) is 13.3 Å². The van der Waals surface area contributed by atoms with Crippen molar-refractivity contribution in [3.05, 3.63) is 0 Å². The zero-order chi connectivity index (χ0) is 13.0. The number of unbranched alkanes of at least 4 members (excludes halogenated alkanes) is 1. The van der Waals surface area contributed by atoms with E-state index in [1.165, 1.54) is 0 Å². The Kier molecular flexibility index (Phi) is 11.4. The number of nitrogen functional groups attached to an aromatic ring is 3. The van der Waals surface area contributed by atoms with Gasteiger partial charge >= 0.3 is 0 Å². The zero-order valence-corrected chi connectivity index (χ0v) is 9.26. The predicted molar refractivity (Wildman–Crippen MR) is 62.2 cm³/mol. The van der Waals surface area contributed by atoms with Crippen LogP contribution in [0.5, 0.6) is 0 Å². The summed E-state index contributed by atoms with van der Waals surface area (Å²) in [6.07, 6.45) is 2.04. The van der Waals surface area contributed by atoms with Crippen LogP contribution in [0.25, 0.3) is 0 Å². The van der Waals surface area contributed by atoms with Crippen LogP contribution in [-0.4, -0.2) is 33.5 Å². The molecule has 16 heavy (non-hydrogen) atoms. The van der Waals surface area contributed by atoms with Gasteiger partial charge in [0.1, 0.15) is 6.79 Å². The first-order valence-electron chi connectivity index (χ1n) is 4.52. The second-order valence-corrected chi connectivity index (χ2v) is 2.49. The molecule has 0 aliphatic carbocycles. The Morgan fingerprint density at radius 1 is 1.06 bits per heavy atom. The number of nitrogens with two attached hydrogens (primary N) is 3. The number of aliphatic hydroxyl groups excluding tert-OH is 1. The van der Waals surface area contributed by atoms with E-state index in [4.69, 9.17) is 27.1 Å². The van der Waals surface area contributed by atoms with Crippen LogP contribution >= 0.6 is 0 Å². The molecule has 0 amide bonds. The van der Waals surface area contributed by atoms with Gasteiger partial charge in [0.15, 0.2) is 0 Å². The zero-order valence-electron chi connectivity index (χ0n) is 9.26. The van der Waals surface area contributed by atoms with E-state index in [-0.39, 0.29) is 17.8 Å². The summed E-state index contributed by atoms with van der Waals surface area (Å²) in [7, 11) is 0. The maximum Gasteiger partial charge on any atom is 0.226 e. The topological polar surface area (TPSA) is 154 Å². The third-order valence-electron chi connectivity index (χ3n) is 1.20. The summed E-state index contributed by atoms with van der Waals surface area (Å²) >= 11 is 0. The lowest BCUT2D eigenvalue weighted by molar-refractivity contribution is -0.0979. The average molecular weight is 230 g/mol. The van der Waals surface area contributed by atoms with Crippen molar-refractivity contribution in [3.8, 4) is 0 Å². The fourth-order valence-corrected chi connectivity index (χ4v) is 0.585. The van der Waals surface area contributed by atoms with Crippen LogP contribution in [0.2, 0.25) is 0 Å². The highest BCUT2D eigenvalue weighted by atomic mass is 16.2. The first-order chi connectivity index (χ1) is 7.60. The molecular formula is C8H18N6O2. The average Bonchev–Trinajstić information content (AvgIpc) is 2.20. The molecule has 0 unspecified atom stereocenters. The minimum Gasteiger partial charge on any atom is -0.396 e. The Labute approximate surface area is 93.9 Å². The highest BCUT2D eigenvalue weighted by Gasteiger charge is 1.93. The van der Waals surface area contributed by atoms with Gasteiger partial charge in [0, 0.05) is 6.61 Å². The maximum absolute atomic E-state index is 8.07. The van der Waals surface area contributed by atoms with E-state index in [0.29, 0.717) is 6.61 Å². The normalized spacial score (nSPS) is 8.12. The molecule has 0 bridgehead atoms. The quantitative estimate of drug-likeness (QED) is 0.515. The van der Waals surface area contributed by atoms with Crippen LogP contribution in [0.4, 0.5) is 17.8 Å². The molecule has 0 saturated heterocycles. The summed E-state index contributed by atoms with van der Waals surface area (Å²) < 4.78 is 0. The van der Waals surface area contributed by atoms with Gasteiger partial charge in [0.05, 0.1) is 0 Å². The smallest absolute Gasteiger partial charge is 0.226 e. The predicted octanol–water partition coefficient (Wildman–Crippen LogP) is -0.788. The number of rotatable bonds is 2. The number of hydrogen-bond acceptors (Lipinski definition) is 8. The molecule has 0 fully saturated rings. The molecule has 92 valence electrons. The molecule has 0 spiro atoms. The first-order valence-corrected chi connectivity index (χ1v) is 4.52. The molecule has 8 nitrogen and oxygen atoms in total. The van der Waals surface area contributed by atoms with Gasteiger partial charge in [-0.2, -0.15) is 15.0 Å². The maximum atomic E-state index is 8.07. The van der Waals surface area contributed by atoms with E-state index in [0.717, 1.165) is 12.8 Å². The lowest BCUT2D eigenvalue weighted by atomic mass is 10.4. The number of nitrogens with zero attached hydrogens (tertiary/aromatic N) is 3. The van der Waals surface area contributed by atoms with E-state index in [9.17, 15) is 0 Å². The van der Waals surface area contributed by atoms with Crippen molar-refractivity contribution in [2.24, 2.45) is 0 Å². The lowest BCUT2D eigenvalue weighted by Crippen LogP contribution is -2.05. The molecule has 0 aliphatic rings. The monoisotopic (exact) mass is 230 g/mol. The Bertz CT molecular complexity index is 231. The third kappa shape index (κ3) is 10.1. The van der Waals surface area contributed by atoms with Crippen LogP contribution in [0.3, 0.4) is 0 Å². The summed E-state index contributed by atoms with van der Waals surface area (Å²) in [5, 5.41) is 8.07. The highest BCUT2D eigenvalue weighted by molar-refractivity contribution is 5.33. The SMILES string of the molecule is C=O.CCCCO.Nc1nc(N)nc(N)n1. The summed E-state index contributed by atoms with van der Waals surface area (Å²) in [5.41, 5.74) is 15.4. The standard InChI is InChI=1S/C4H10O.C3H6N6.CH2O/c1-2-3-4-5;4-1-7-2(5)9-3(6)8-1;1-2/h5H,2-4H2,1H3;(H6,4,5,6,7,8,9);1H2. The van der Waals surface area contributed by atoms with Crippen molar-refractivity contribution in [1.82, 2.24) is 15.0 Å². The van der Waals surface area contributed by atoms with Gasteiger partial charge in [0.25, 0.3) is 0 Å². The van der Waals surface area contributed by atoms with Crippen molar-refractivity contribution in [2.75, 3.05) is 23.8 Å². The van der Waals surface area contributed by atoms with Crippen LogP contribution in [0.15, 0.2) is 0 Å². The Balaban J connectivity index is 0. The Morgan fingerprint density at radius 2 is 1.38 bits per heavy atom. The number of carbonyl (C=O) groups excluding carboxylic acids is 1. The molecule has 1 aromatic rings. The number of carbonyl (C=O) groups is 1. The molecular weight excluding hydrogens is 212 g/mol. The molecule has 1 aromatic heterocycles. The van der Waals surface area contributed by atoms with E-state index in [2.05, 4.69) is 21.9 Å². The van der Waals surface area contributed by atoms with E-state index < -0.39 is 0 Å². The summed E-state index contributed by atoms with van der Waals surface area (Å²) in [4.78, 5) is 18.5. The van der Waals surface area contributed by atoms with Crippen molar-refractivity contribution in [3.63, 3.8) is 0 Å². The van der Waals surface area contributed by atoms with Crippen molar-refractivity contribution < 1.29 is 9.90 Å². The molecule has 7 N–H and O–H groups in total. The van der Waals surface area contributed by atoms with E-state index in [1.54, 1.807) is 0 Å². The van der Waals surface area contributed by atoms with Gasteiger partial charge < -0.3 is 27.1 Å². The second-order valence-electron chi connectivity index (χ2n) is 2.49. The molecule has 1 rings (SSSR count). The van der Waals surface area contributed by atoms with E-state index >= 15 is 0 Å².